The molecule has 7 rings (SSSR count). The van der Waals surface area contributed by atoms with Gasteiger partial charge in [0.15, 0.2) is 0 Å². The Hall–Kier alpha value is -4.20. The summed E-state index contributed by atoms with van der Waals surface area (Å²) in [5, 5.41) is 15.8. The molecule has 0 bridgehead atoms. The second kappa shape index (κ2) is 14.7. The van der Waals surface area contributed by atoms with E-state index in [1.54, 1.807) is 11.3 Å². The maximum Gasteiger partial charge on any atom is 0.426 e. The average Bonchev–Trinajstić information content (AvgIpc) is 3.53. The molecule has 4 amide bonds. The quantitative estimate of drug-likeness (QED) is 0.349. The maximum absolute atomic E-state index is 14.2. The lowest BCUT2D eigenvalue weighted by molar-refractivity contribution is -0.138. The molecule has 0 spiro atoms. The number of likely N-dealkylation sites (N-methyl/N-ethyl adjacent to an activating group) is 1. The van der Waals surface area contributed by atoms with Crippen LogP contribution in [-0.2, 0) is 16.1 Å². The molecular weight excluding hydrogens is 622 g/mol. The van der Waals surface area contributed by atoms with Crippen molar-refractivity contribution in [1.82, 2.24) is 40.2 Å². The van der Waals surface area contributed by atoms with Crippen molar-refractivity contribution in [3.05, 3.63) is 59.8 Å². The molecule has 4 aliphatic rings. The SMILES string of the molecule is CC(c1ccc2[nH]ncc2c1)C(NC(=O)ON1CCC(N2CCc3ccccc3NC2=O)CC1)C(=O)N1CCC(N2CCN(C)CC2)CC1. The number of H-pyrrole nitrogens is 1. The Morgan fingerprint density at radius 1 is 0.918 bits per heavy atom. The van der Waals surface area contributed by atoms with Gasteiger partial charge in [0.05, 0.1) is 11.7 Å². The molecule has 262 valence electrons. The first-order valence-corrected chi connectivity index (χ1v) is 17.9. The summed E-state index contributed by atoms with van der Waals surface area (Å²) >= 11 is 0. The van der Waals surface area contributed by atoms with Crippen LogP contribution >= 0.6 is 0 Å². The van der Waals surface area contributed by atoms with Crippen LogP contribution in [0.3, 0.4) is 0 Å². The zero-order valence-corrected chi connectivity index (χ0v) is 28.6. The number of hydrogen-bond acceptors (Lipinski definition) is 8. The first-order valence-electron chi connectivity index (χ1n) is 17.9. The van der Waals surface area contributed by atoms with Crippen molar-refractivity contribution in [2.45, 2.75) is 63.1 Å². The van der Waals surface area contributed by atoms with E-state index in [1.807, 2.05) is 53.1 Å². The Labute approximate surface area is 287 Å². The predicted molar refractivity (Wildman–Crippen MR) is 187 cm³/mol. The van der Waals surface area contributed by atoms with Crippen LogP contribution in [0.1, 0.15) is 49.7 Å². The molecule has 3 aromatic rings. The van der Waals surface area contributed by atoms with E-state index in [0.717, 1.165) is 73.2 Å². The number of fused-ring (bicyclic) bond motifs is 2. The minimum Gasteiger partial charge on any atom is -0.351 e. The number of nitrogens with one attached hydrogen (secondary N) is 3. The number of aromatic nitrogens is 2. The van der Waals surface area contributed by atoms with E-state index in [4.69, 9.17) is 4.84 Å². The molecule has 3 fully saturated rings. The third kappa shape index (κ3) is 7.53. The van der Waals surface area contributed by atoms with Gasteiger partial charge in [0.1, 0.15) is 6.04 Å². The number of likely N-dealkylation sites (tertiary alicyclic amines) is 1. The normalized spacial score (nSPS) is 21.9. The molecule has 13 nitrogen and oxygen atoms in total. The fourth-order valence-corrected chi connectivity index (χ4v) is 7.93. The van der Waals surface area contributed by atoms with E-state index in [-0.39, 0.29) is 23.9 Å². The molecule has 0 aliphatic carbocycles. The molecule has 2 aromatic carbocycles. The summed E-state index contributed by atoms with van der Waals surface area (Å²) in [6.07, 6.45) is 5.15. The van der Waals surface area contributed by atoms with E-state index < -0.39 is 12.1 Å². The van der Waals surface area contributed by atoms with Gasteiger partial charge in [0.2, 0.25) is 5.91 Å². The van der Waals surface area contributed by atoms with E-state index in [9.17, 15) is 14.4 Å². The number of carbonyl (C=O) groups excluding carboxylic acids is 3. The van der Waals surface area contributed by atoms with Gasteiger partial charge in [-0.3, -0.25) is 14.8 Å². The molecule has 0 radical (unpaired) electrons. The number of nitrogens with zero attached hydrogens (tertiary/aromatic N) is 6. The number of piperidine rings is 2. The fraction of sp³-hybridized carbons (Fsp3) is 0.556. The molecule has 5 heterocycles. The summed E-state index contributed by atoms with van der Waals surface area (Å²) in [6, 6.07) is 13.6. The molecule has 2 atom stereocenters. The highest BCUT2D eigenvalue weighted by molar-refractivity contribution is 5.91. The third-order valence-electron chi connectivity index (χ3n) is 11.1. The monoisotopic (exact) mass is 671 g/mol. The van der Waals surface area contributed by atoms with Gasteiger partial charge in [-0.2, -0.15) is 5.10 Å². The highest BCUT2D eigenvalue weighted by atomic mass is 16.7. The summed E-state index contributed by atoms with van der Waals surface area (Å²) in [5.41, 5.74) is 3.87. The molecule has 3 saturated heterocycles. The molecule has 4 aliphatic heterocycles. The molecule has 2 unspecified atom stereocenters. The van der Waals surface area contributed by atoms with Crippen molar-refractivity contribution in [2.75, 3.05) is 71.3 Å². The lowest BCUT2D eigenvalue weighted by Gasteiger charge is -2.43. The Bertz CT molecular complexity index is 1620. The van der Waals surface area contributed by atoms with Gasteiger partial charge in [0, 0.05) is 88.0 Å². The summed E-state index contributed by atoms with van der Waals surface area (Å²) in [5.74, 6) is -0.383. The number of para-hydroxylation sites is 1. The van der Waals surface area contributed by atoms with Crippen molar-refractivity contribution in [1.29, 1.82) is 0 Å². The summed E-state index contributed by atoms with van der Waals surface area (Å²) in [6.45, 7) is 9.24. The van der Waals surface area contributed by atoms with Crippen molar-refractivity contribution < 1.29 is 19.2 Å². The fourth-order valence-electron chi connectivity index (χ4n) is 7.93. The lowest BCUT2D eigenvalue weighted by atomic mass is 9.90. The van der Waals surface area contributed by atoms with Gasteiger partial charge in [0.25, 0.3) is 0 Å². The zero-order valence-electron chi connectivity index (χ0n) is 28.6. The molecule has 0 saturated carbocycles. The smallest absolute Gasteiger partial charge is 0.351 e. The van der Waals surface area contributed by atoms with Crippen LogP contribution in [0.2, 0.25) is 0 Å². The maximum atomic E-state index is 14.2. The van der Waals surface area contributed by atoms with Crippen LogP contribution in [0.25, 0.3) is 10.9 Å². The van der Waals surface area contributed by atoms with Crippen molar-refractivity contribution in [3.8, 4) is 0 Å². The standard InChI is InChI=1S/C36H49N9O4/c1-25(27-7-8-32-28(23-27)24-37-40-32)33(34(46)43-14-10-29(11-15-43)42-21-19-41(2)20-22-42)39-36(48)49-44-16-12-30(13-17-44)45-18-9-26-5-3-4-6-31(26)38-35(45)47/h3-8,23-25,29-30,33H,9-22H2,1-2H3,(H,37,40)(H,38,47)(H,39,48). The van der Waals surface area contributed by atoms with Crippen LogP contribution in [0.15, 0.2) is 48.7 Å². The number of rotatable bonds is 7. The number of urea groups is 1. The number of hydrogen-bond donors (Lipinski definition) is 3. The van der Waals surface area contributed by atoms with Crippen LogP contribution in [0, 0.1) is 0 Å². The minimum absolute atomic E-state index is 0.0539. The summed E-state index contributed by atoms with van der Waals surface area (Å²) < 4.78 is 0. The third-order valence-corrected chi connectivity index (χ3v) is 11.1. The molecule has 1 aromatic heterocycles. The second-order valence-electron chi connectivity index (χ2n) is 14.1. The molecule has 3 N–H and O–H groups in total. The average molecular weight is 672 g/mol. The van der Waals surface area contributed by atoms with Crippen LogP contribution in [-0.4, -0.2) is 137 Å². The van der Waals surface area contributed by atoms with E-state index in [2.05, 4.69) is 43.7 Å². The van der Waals surface area contributed by atoms with Gasteiger partial charge in [-0.05, 0) is 68.5 Å². The summed E-state index contributed by atoms with van der Waals surface area (Å²) in [7, 11) is 2.17. The molecular formula is C36H49N9O4. The first kappa shape index (κ1) is 33.3. The highest BCUT2D eigenvalue weighted by Crippen LogP contribution is 2.28. The van der Waals surface area contributed by atoms with Crippen molar-refractivity contribution in [2.24, 2.45) is 0 Å². The first-order chi connectivity index (χ1) is 23.8. The number of aromatic amines is 1. The van der Waals surface area contributed by atoms with Gasteiger partial charge < -0.3 is 30.2 Å². The van der Waals surface area contributed by atoms with Crippen LogP contribution in [0.5, 0.6) is 0 Å². The predicted octanol–water partition coefficient (Wildman–Crippen LogP) is 3.47. The van der Waals surface area contributed by atoms with Gasteiger partial charge in [-0.25, -0.2) is 9.59 Å². The largest absolute Gasteiger partial charge is 0.426 e. The van der Waals surface area contributed by atoms with E-state index >= 15 is 0 Å². The Balaban J connectivity index is 0.972. The van der Waals surface area contributed by atoms with E-state index in [0.29, 0.717) is 51.6 Å². The van der Waals surface area contributed by atoms with Crippen molar-refractivity contribution >= 4 is 34.6 Å². The Kier molecular flexibility index (Phi) is 10.0. The lowest BCUT2D eigenvalue weighted by Crippen LogP contribution is -2.57. The topological polar surface area (TPSA) is 129 Å². The second-order valence-corrected chi connectivity index (χ2v) is 14.1. The van der Waals surface area contributed by atoms with Crippen LogP contribution in [0.4, 0.5) is 15.3 Å². The number of amides is 4. The Morgan fingerprint density at radius 2 is 1.65 bits per heavy atom. The molecule has 49 heavy (non-hydrogen) atoms. The number of benzene rings is 2. The highest BCUT2D eigenvalue weighted by Gasteiger charge is 2.37. The molecule has 13 heteroatoms. The minimum atomic E-state index is -0.794. The number of piperazine rings is 1. The zero-order chi connectivity index (χ0) is 33.9. The number of anilines is 1. The van der Waals surface area contributed by atoms with E-state index in [1.165, 1.54) is 0 Å². The number of hydroxylamine groups is 2. The summed E-state index contributed by atoms with van der Waals surface area (Å²) in [4.78, 5) is 55.3. The number of carbonyl (C=O) groups is 3. The Morgan fingerprint density at radius 3 is 2.43 bits per heavy atom. The van der Waals surface area contributed by atoms with Crippen LogP contribution < -0.4 is 10.6 Å². The van der Waals surface area contributed by atoms with Gasteiger partial charge in [-0.1, -0.05) is 31.2 Å². The van der Waals surface area contributed by atoms with Gasteiger partial charge >= 0.3 is 12.1 Å². The van der Waals surface area contributed by atoms with Gasteiger partial charge in [-0.15, -0.1) is 5.06 Å². The van der Waals surface area contributed by atoms with Crippen molar-refractivity contribution in [3.63, 3.8) is 0 Å².